The summed E-state index contributed by atoms with van der Waals surface area (Å²) in [7, 11) is 0. The third-order valence-electron chi connectivity index (χ3n) is 3.54. The molecule has 6 heteroatoms. The smallest absolute Gasteiger partial charge is 0.333 e. The van der Waals surface area contributed by atoms with E-state index in [0.29, 0.717) is 18.2 Å². The molecule has 2 aliphatic heterocycles. The van der Waals surface area contributed by atoms with Gasteiger partial charge in [-0.2, -0.15) is 0 Å². The van der Waals surface area contributed by atoms with Crippen molar-refractivity contribution in [3.05, 3.63) is 11.1 Å². The zero-order valence-electron chi connectivity index (χ0n) is 12.1. The van der Waals surface area contributed by atoms with E-state index in [-0.39, 0.29) is 17.3 Å². The fraction of sp³-hybridized carbons (Fsp3) is 0.714. The molecule has 1 atom stereocenters. The maximum Gasteiger partial charge on any atom is 0.333 e. The summed E-state index contributed by atoms with van der Waals surface area (Å²) in [6.45, 7) is 6.57. The molecule has 112 valence electrons. The van der Waals surface area contributed by atoms with E-state index < -0.39 is 0 Å². The van der Waals surface area contributed by atoms with Crippen LogP contribution in [0.3, 0.4) is 0 Å². The molecular formula is C14H22N2O3S. The van der Waals surface area contributed by atoms with Crippen LogP contribution in [-0.4, -0.2) is 53.3 Å². The van der Waals surface area contributed by atoms with Crippen LogP contribution in [0.1, 0.15) is 33.1 Å². The third kappa shape index (κ3) is 3.35. The van der Waals surface area contributed by atoms with Crippen LogP contribution in [0.15, 0.2) is 11.1 Å². The summed E-state index contributed by atoms with van der Waals surface area (Å²) in [6, 6.07) is 0. The molecule has 20 heavy (non-hydrogen) atoms. The lowest BCUT2D eigenvalue weighted by Gasteiger charge is -2.29. The van der Waals surface area contributed by atoms with Crippen molar-refractivity contribution in [2.75, 3.05) is 26.2 Å². The Morgan fingerprint density at radius 1 is 1.35 bits per heavy atom. The first-order chi connectivity index (χ1) is 9.67. The highest BCUT2D eigenvalue weighted by atomic mass is 32.2. The number of carbonyl (C=O) groups is 2. The number of ether oxygens (including phenoxy) is 1. The third-order valence-corrected chi connectivity index (χ3v) is 4.84. The van der Waals surface area contributed by atoms with Gasteiger partial charge in [-0.3, -0.25) is 9.69 Å². The number of piperidine rings is 1. The molecule has 2 saturated heterocycles. The van der Waals surface area contributed by atoms with Crippen LogP contribution in [0.5, 0.6) is 0 Å². The van der Waals surface area contributed by atoms with E-state index >= 15 is 0 Å². The second kappa shape index (κ2) is 7.13. The number of amides is 1. The Kier molecular flexibility index (Phi) is 5.48. The van der Waals surface area contributed by atoms with E-state index in [2.05, 4.69) is 4.90 Å². The van der Waals surface area contributed by atoms with Crippen molar-refractivity contribution in [1.29, 1.82) is 0 Å². The fourth-order valence-electron chi connectivity index (χ4n) is 2.56. The highest BCUT2D eigenvalue weighted by molar-refractivity contribution is 8.04. The van der Waals surface area contributed by atoms with E-state index in [9.17, 15) is 9.59 Å². The van der Waals surface area contributed by atoms with Gasteiger partial charge in [0.05, 0.1) is 17.7 Å². The minimum Gasteiger partial charge on any atom is -0.463 e. The van der Waals surface area contributed by atoms with Crippen molar-refractivity contribution in [3.8, 4) is 0 Å². The monoisotopic (exact) mass is 298 g/mol. The van der Waals surface area contributed by atoms with E-state index in [1.165, 1.54) is 24.3 Å². The molecule has 2 rings (SSSR count). The van der Waals surface area contributed by atoms with Crippen molar-refractivity contribution < 1.29 is 14.3 Å². The van der Waals surface area contributed by atoms with E-state index in [4.69, 9.17) is 4.74 Å². The van der Waals surface area contributed by atoms with Gasteiger partial charge in [0.15, 0.2) is 0 Å². The van der Waals surface area contributed by atoms with Gasteiger partial charge < -0.3 is 9.64 Å². The van der Waals surface area contributed by atoms with Crippen LogP contribution in [0.4, 0.5) is 0 Å². The van der Waals surface area contributed by atoms with E-state index in [1.807, 2.05) is 6.92 Å². The number of rotatable bonds is 4. The largest absolute Gasteiger partial charge is 0.463 e. The number of likely N-dealkylation sites (N-methyl/N-ethyl adjacent to an activating group) is 1. The number of carbonyl (C=O) groups excluding carboxylic acids is 2. The van der Waals surface area contributed by atoms with Gasteiger partial charge in [0.25, 0.3) is 5.91 Å². The number of esters is 1. The first-order valence-electron chi connectivity index (χ1n) is 7.28. The van der Waals surface area contributed by atoms with Gasteiger partial charge in [0.1, 0.15) is 5.37 Å². The van der Waals surface area contributed by atoms with Crippen LogP contribution in [-0.2, 0) is 14.3 Å². The summed E-state index contributed by atoms with van der Waals surface area (Å²) >= 11 is 1.47. The molecule has 0 aromatic heterocycles. The van der Waals surface area contributed by atoms with Crippen molar-refractivity contribution in [1.82, 2.24) is 9.80 Å². The quantitative estimate of drug-likeness (QED) is 0.585. The zero-order valence-corrected chi connectivity index (χ0v) is 12.9. The maximum atomic E-state index is 12.5. The lowest BCUT2D eigenvalue weighted by molar-refractivity contribution is -0.137. The van der Waals surface area contributed by atoms with Gasteiger partial charge in [-0.1, -0.05) is 18.2 Å². The first kappa shape index (κ1) is 15.4. The summed E-state index contributed by atoms with van der Waals surface area (Å²) in [5.74, 6) is -0.282. The molecular weight excluding hydrogens is 276 g/mol. The molecule has 0 saturated carbocycles. The number of nitrogens with zero attached hydrogens (tertiary/aromatic N) is 2. The van der Waals surface area contributed by atoms with Gasteiger partial charge in [-0.25, -0.2) is 4.79 Å². The summed E-state index contributed by atoms with van der Waals surface area (Å²) < 4.78 is 4.93. The van der Waals surface area contributed by atoms with Crippen LogP contribution in [0.25, 0.3) is 0 Å². The van der Waals surface area contributed by atoms with E-state index in [1.54, 1.807) is 11.8 Å². The standard InChI is InChI=1S/C14H22N2O3S/c1-3-16-11(10-12(17)19-4-2)20-14(13(16)18)15-8-6-5-7-9-15/h10,14H,3-9H2,1-2H3/b11-10+/t14-/m1/s1. The second-order valence-electron chi connectivity index (χ2n) is 4.88. The lowest BCUT2D eigenvalue weighted by Crippen LogP contribution is -2.43. The molecule has 0 unspecified atom stereocenters. The molecule has 2 aliphatic rings. The van der Waals surface area contributed by atoms with Gasteiger partial charge in [0, 0.05) is 6.54 Å². The van der Waals surface area contributed by atoms with Gasteiger partial charge >= 0.3 is 5.97 Å². The first-order valence-corrected chi connectivity index (χ1v) is 8.15. The summed E-state index contributed by atoms with van der Waals surface area (Å²) in [5, 5.41) is 0.544. The Bertz CT molecular complexity index is 405. The Balaban J connectivity index is 2.10. The SMILES string of the molecule is CCOC(=O)/C=C1/S[C@@H](N2CCCCC2)C(=O)N1CC. The molecule has 0 aliphatic carbocycles. The second-order valence-corrected chi connectivity index (χ2v) is 5.98. The average molecular weight is 298 g/mol. The molecule has 0 radical (unpaired) electrons. The van der Waals surface area contributed by atoms with Gasteiger partial charge in [-0.05, 0) is 39.8 Å². The van der Waals surface area contributed by atoms with Crippen LogP contribution in [0.2, 0.25) is 0 Å². The van der Waals surface area contributed by atoms with Crippen LogP contribution >= 0.6 is 11.8 Å². The molecule has 0 aromatic rings. The lowest BCUT2D eigenvalue weighted by atomic mass is 10.1. The van der Waals surface area contributed by atoms with Crippen molar-refractivity contribution in [2.45, 2.75) is 38.5 Å². The minimum absolute atomic E-state index is 0.0925. The fourth-order valence-corrected chi connectivity index (χ4v) is 3.89. The van der Waals surface area contributed by atoms with Gasteiger partial charge in [-0.15, -0.1) is 0 Å². The number of hydrogen-bond acceptors (Lipinski definition) is 5. The average Bonchev–Trinajstić information content (AvgIpc) is 2.76. The Hall–Kier alpha value is -1.01. The van der Waals surface area contributed by atoms with E-state index in [0.717, 1.165) is 25.9 Å². The molecule has 0 spiro atoms. The predicted octanol–water partition coefficient (Wildman–Crippen LogP) is 1.80. The molecule has 5 nitrogen and oxygen atoms in total. The molecule has 0 aromatic carbocycles. The summed E-state index contributed by atoms with van der Waals surface area (Å²) in [6.07, 6.45) is 4.98. The molecule has 2 heterocycles. The summed E-state index contributed by atoms with van der Waals surface area (Å²) in [5.41, 5.74) is 0. The van der Waals surface area contributed by atoms with Crippen molar-refractivity contribution >= 4 is 23.6 Å². The Morgan fingerprint density at radius 2 is 2.05 bits per heavy atom. The number of thioether (sulfide) groups is 1. The molecule has 0 bridgehead atoms. The van der Waals surface area contributed by atoms with Gasteiger partial charge in [0.2, 0.25) is 0 Å². The zero-order chi connectivity index (χ0) is 14.5. The predicted molar refractivity (Wildman–Crippen MR) is 78.9 cm³/mol. The highest BCUT2D eigenvalue weighted by Crippen LogP contribution is 2.37. The topological polar surface area (TPSA) is 49.9 Å². The number of hydrogen-bond donors (Lipinski definition) is 0. The molecule has 0 N–H and O–H groups in total. The van der Waals surface area contributed by atoms with Crippen LogP contribution < -0.4 is 0 Å². The maximum absolute atomic E-state index is 12.5. The summed E-state index contributed by atoms with van der Waals surface area (Å²) in [4.78, 5) is 28.0. The number of likely N-dealkylation sites (tertiary alicyclic amines) is 1. The Labute approximate surface area is 124 Å². The minimum atomic E-state index is -0.374. The molecule has 1 amide bonds. The van der Waals surface area contributed by atoms with Crippen molar-refractivity contribution in [3.63, 3.8) is 0 Å². The van der Waals surface area contributed by atoms with Crippen molar-refractivity contribution in [2.24, 2.45) is 0 Å². The molecule has 2 fully saturated rings. The normalized spacial score (nSPS) is 26.3. The highest BCUT2D eigenvalue weighted by Gasteiger charge is 2.40. The van der Waals surface area contributed by atoms with Crippen LogP contribution in [0, 0.1) is 0 Å². The Morgan fingerprint density at radius 3 is 2.65 bits per heavy atom.